The monoisotopic (exact) mass is 384 g/mol. The molecule has 0 aliphatic carbocycles. The second-order valence-corrected chi connectivity index (χ2v) is 6.28. The maximum absolute atomic E-state index is 12.2. The Hall–Kier alpha value is -4.45. The highest BCUT2D eigenvalue weighted by molar-refractivity contribution is 6.00. The SMILES string of the molecule is [C-]#[N+]c1cn2ncnc(N)c2c1-c1ccc(NC(=O)Nc2ccnc(C)c2)cc1. The Bertz CT molecular complexity index is 1250. The molecule has 3 heterocycles. The molecule has 4 aromatic rings. The van der Waals surface area contributed by atoms with E-state index in [2.05, 4.69) is 30.5 Å². The highest BCUT2D eigenvalue weighted by Gasteiger charge is 2.16. The topological polar surface area (TPSA) is 115 Å². The van der Waals surface area contributed by atoms with Crippen molar-refractivity contribution >= 4 is 34.4 Å². The van der Waals surface area contributed by atoms with Crippen LogP contribution < -0.4 is 16.4 Å². The van der Waals surface area contributed by atoms with Crippen LogP contribution in [0.15, 0.2) is 55.1 Å². The van der Waals surface area contributed by atoms with Crippen molar-refractivity contribution in [3.05, 3.63) is 72.2 Å². The van der Waals surface area contributed by atoms with Gasteiger partial charge in [-0.2, -0.15) is 5.10 Å². The van der Waals surface area contributed by atoms with Gasteiger partial charge in [-0.05, 0) is 36.8 Å². The van der Waals surface area contributed by atoms with E-state index in [1.54, 1.807) is 41.2 Å². The van der Waals surface area contributed by atoms with Gasteiger partial charge in [0.1, 0.15) is 11.8 Å². The lowest BCUT2D eigenvalue weighted by Crippen LogP contribution is -2.19. The van der Waals surface area contributed by atoms with E-state index in [0.717, 1.165) is 11.3 Å². The fourth-order valence-electron chi connectivity index (χ4n) is 3.03. The van der Waals surface area contributed by atoms with Gasteiger partial charge in [-0.15, -0.1) is 0 Å². The predicted molar refractivity (Wildman–Crippen MR) is 111 cm³/mol. The highest BCUT2D eigenvalue weighted by Crippen LogP contribution is 2.37. The van der Waals surface area contributed by atoms with Gasteiger partial charge in [0.15, 0.2) is 5.82 Å². The number of fused-ring (bicyclic) bond motifs is 1. The summed E-state index contributed by atoms with van der Waals surface area (Å²) in [4.78, 5) is 23.9. The Morgan fingerprint density at radius 3 is 2.62 bits per heavy atom. The minimum atomic E-state index is -0.364. The lowest BCUT2D eigenvalue weighted by atomic mass is 10.1. The van der Waals surface area contributed by atoms with Gasteiger partial charge in [0.2, 0.25) is 5.69 Å². The number of nitrogens with one attached hydrogen (secondary N) is 2. The first-order chi connectivity index (χ1) is 14.0. The zero-order valence-corrected chi connectivity index (χ0v) is 15.4. The molecule has 4 rings (SSSR count). The molecule has 0 atom stereocenters. The Morgan fingerprint density at radius 2 is 1.90 bits per heavy atom. The minimum absolute atomic E-state index is 0.291. The minimum Gasteiger partial charge on any atom is -0.382 e. The zero-order chi connectivity index (χ0) is 20.4. The number of aromatic nitrogens is 4. The van der Waals surface area contributed by atoms with E-state index in [0.29, 0.717) is 34.0 Å². The molecule has 2 amide bonds. The number of nitrogen functional groups attached to an aromatic ring is 1. The van der Waals surface area contributed by atoms with Crippen molar-refractivity contribution in [2.24, 2.45) is 0 Å². The van der Waals surface area contributed by atoms with E-state index in [1.807, 2.05) is 19.1 Å². The van der Waals surface area contributed by atoms with Crippen LogP contribution in [-0.2, 0) is 0 Å². The number of pyridine rings is 1. The second kappa shape index (κ2) is 7.28. The third kappa shape index (κ3) is 3.54. The van der Waals surface area contributed by atoms with Gasteiger partial charge >= 0.3 is 6.03 Å². The van der Waals surface area contributed by atoms with Crippen LogP contribution in [-0.4, -0.2) is 25.6 Å². The number of nitrogens with two attached hydrogens (primary N) is 1. The number of urea groups is 1. The van der Waals surface area contributed by atoms with Crippen molar-refractivity contribution in [1.29, 1.82) is 0 Å². The fraction of sp³-hybridized carbons (Fsp3) is 0.0500. The largest absolute Gasteiger partial charge is 0.382 e. The van der Waals surface area contributed by atoms with E-state index in [9.17, 15) is 4.79 Å². The Kier molecular flexibility index (Phi) is 4.50. The van der Waals surface area contributed by atoms with E-state index in [-0.39, 0.29) is 6.03 Å². The van der Waals surface area contributed by atoms with Gasteiger partial charge in [-0.25, -0.2) is 19.1 Å². The van der Waals surface area contributed by atoms with Gasteiger partial charge in [0, 0.05) is 35.0 Å². The Labute approximate surface area is 166 Å². The number of rotatable bonds is 3. The molecule has 0 radical (unpaired) electrons. The summed E-state index contributed by atoms with van der Waals surface area (Å²) in [5.74, 6) is 0.291. The standard InChI is InChI=1S/C20H16N8O/c1-12-9-15(7-8-23-12)27-20(29)26-14-5-3-13(4-6-14)17-16(22-2)10-28-18(17)19(21)24-11-25-28/h3-11H,1H3,(H2,21,24,25)(H2,23,26,27,29). The number of hydrogen-bond acceptors (Lipinski definition) is 5. The average molecular weight is 384 g/mol. The molecule has 0 unspecified atom stereocenters. The number of nitrogens with zero attached hydrogens (tertiary/aromatic N) is 5. The predicted octanol–water partition coefficient (Wildman–Crippen LogP) is 3.88. The van der Waals surface area contributed by atoms with Crippen molar-refractivity contribution in [1.82, 2.24) is 19.6 Å². The number of hydrogen-bond donors (Lipinski definition) is 3. The molecule has 0 aliphatic heterocycles. The lowest BCUT2D eigenvalue weighted by molar-refractivity contribution is 0.262. The zero-order valence-electron chi connectivity index (χ0n) is 15.4. The van der Waals surface area contributed by atoms with Gasteiger partial charge < -0.3 is 16.4 Å². The van der Waals surface area contributed by atoms with Crippen molar-refractivity contribution in [3.8, 4) is 11.1 Å². The third-order valence-corrected chi connectivity index (χ3v) is 4.29. The Balaban J connectivity index is 1.58. The van der Waals surface area contributed by atoms with Crippen LogP contribution in [0.25, 0.3) is 21.5 Å². The van der Waals surface area contributed by atoms with Crippen molar-refractivity contribution in [3.63, 3.8) is 0 Å². The first-order valence-corrected chi connectivity index (χ1v) is 8.65. The van der Waals surface area contributed by atoms with E-state index in [4.69, 9.17) is 12.3 Å². The maximum atomic E-state index is 12.2. The van der Waals surface area contributed by atoms with Crippen LogP contribution in [0.5, 0.6) is 0 Å². The first-order valence-electron chi connectivity index (χ1n) is 8.65. The van der Waals surface area contributed by atoms with E-state index < -0.39 is 0 Å². The van der Waals surface area contributed by atoms with Gasteiger partial charge in [-0.1, -0.05) is 12.1 Å². The van der Waals surface area contributed by atoms with Crippen LogP contribution in [0.3, 0.4) is 0 Å². The van der Waals surface area contributed by atoms with Crippen LogP contribution in [0.1, 0.15) is 5.69 Å². The van der Waals surface area contributed by atoms with Gasteiger partial charge in [0.05, 0.1) is 6.57 Å². The molecule has 0 spiro atoms. The van der Waals surface area contributed by atoms with Gasteiger partial charge in [-0.3, -0.25) is 4.98 Å². The number of aryl methyl sites for hydroxylation is 1. The lowest BCUT2D eigenvalue weighted by Gasteiger charge is -2.09. The summed E-state index contributed by atoms with van der Waals surface area (Å²) in [6.45, 7) is 9.30. The summed E-state index contributed by atoms with van der Waals surface area (Å²) in [5.41, 5.74) is 10.5. The number of carbonyl (C=O) groups is 1. The smallest absolute Gasteiger partial charge is 0.323 e. The molecule has 3 aromatic heterocycles. The molecule has 9 nitrogen and oxygen atoms in total. The molecule has 0 fully saturated rings. The van der Waals surface area contributed by atoms with Crippen LogP contribution in [0.2, 0.25) is 0 Å². The summed E-state index contributed by atoms with van der Waals surface area (Å²) in [7, 11) is 0. The van der Waals surface area contributed by atoms with Crippen LogP contribution in [0.4, 0.5) is 27.7 Å². The molecule has 1 aromatic carbocycles. The van der Waals surface area contributed by atoms with Crippen molar-refractivity contribution in [2.45, 2.75) is 6.92 Å². The molecule has 0 aliphatic rings. The normalized spacial score (nSPS) is 10.5. The van der Waals surface area contributed by atoms with Crippen molar-refractivity contribution in [2.75, 3.05) is 16.4 Å². The summed E-state index contributed by atoms with van der Waals surface area (Å²) < 4.78 is 1.54. The third-order valence-electron chi connectivity index (χ3n) is 4.29. The molecular formula is C20H16N8O. The molecular weight excluding hydrogens is 368 g/mol. The van der Waals surface area contributed by atoms with Crippen LogP contribution >= 0.6 is 0 Å². The number of amides is 2. The quantitative estimate of drug-likeness (QED) is 0.464. The molecule has 142 valence electrons. The Morgan fingerprint density at radius 1 is 1.14 bits per heavy atom. The molecule has 0 saturated heterocycles. The highest BCUT2D eigenvalue weighted by atomic mass is 16.2. The van der Waals surface area contributed by atoms with Crippen molar-refractivity contribution < 1.29 is 4.79 Å². The van der Waals surface area contributed by atoms with Gasteiger partial charge in [0.25, 0.3) is 0 Å². The fourth-order valence-corrected chi connectivity index (χ4v) is 3.03. The summed E-state index contributed by atoms with van der Waals surface area (Å²) in [5, 5.41) is 9.64. The molecule has 29 heavy (non-hydrogen) atoms. The molecule has 9 heteroatoms. The summed E-state index contributed by atoms with van der Waals surface area (Å²) in [6, 6.07) is 10.3. The number of carbonyl (C=O) groups excluding carboxylic acids is 1. The summed E-state index contributed by atoms with van der Waals surface area (Å²) in [6.07, 6.45) is 4.59. The van der Waals surface area contributed by atoms with Crippen LogP contribution in [0, 0.1) is 13.5 Å². The molecule has 0 bridgehead atoms. The molecule has 4 N–H and O–H groups in total. The van der Waals surface area contributed by atoms with E-state index in [1.165, 1.54) is 6.33 Å². The average Bonchev–Trinajstić information content (AvgIpc) is 3.08. The first kappa shape index (κ1) is 17.9. The molecule has 0 saturated carbocycles. The summed E-state index contributed by atoms with van der Waals surface area (Å²) >= 11 is 0. The number of anilines is 3. The second-order valence-electron chi connectivity index (χ2n) is 6.28. The maximum Gasteiger partial charge on any atom is 0.323 e. The van der Waals surface area contributed by atoms with E-state index >= 15 is 0 Å². The number of benzene rings is 1.